The van der Waals surface area contributed by atoms with Crippen LogP contribution in [0.15, 0.2) is 18.6 Å². The summed E-state index contributed by atoms with van der Waals surface area (Å²) in [6, 6.07) is 0. The summed E-state index contributed by atoms with van der Waals surface area (Å²) < 4.78 is 5.36. The van der Waals surface area contributed by atoms with Crippen LogP contribution >= 0.6 is 0 Å². The Morgan fingerprint density at radius 3 is 2.70 bits per heavy atom. The highest BCUT2D eigenvalue weighted by molar-refractivity contribution is 5.92. The lowest BCUT2D eigenvalue weighted by molar-refractivity contribution is -0.121. The van der Waals surface area contributed by atoms with E-state index in [4.69, 9.17) is 4.74 Å². The van der Waals surface area contributed by atoms with Gasteiger partial charge in [0.2, 0.25) is 5.91 Å². The number of ether oxygens (including phenoxy) is 1. The number of carbonyl (C=O) groups excluding carboxylic acids is 2. The molecule has 0 radical (unpaired) electrons. The molecule has 1 aromatic rings. The summed E-state index contributed by atoms with van der Waals surface area (Å²) in [4.78, 5) is 36.9. The van der Waals surface area contributed by atoms with Crippen molar-refractivity contribution < 1.29 is 14.3 Å². The molecule has 1 aromatic heterocycles. The summed E-state index contributed by atoms with van der Waals surface area (Å²) in [6.45, 7) is 9.76. The van der Waals surface area contributed by atoms with Gasteiger partial charge >= 0.3 is 0 Å². The Balaban J connectivity index is 1.88. The molecule has 2 rings (SSSR count). The lowest BCUT2D eigenvalue weighted by atomic mass is 10.1. The third-order valence-corrected chi connectivity index (χ3v) is 4.51. The highest BCUT2D eigenvalue weighted by Crippen LogP contribution is 2.04. The van der Waals surface area contributed by atoms with Crippen molar-refractivity contribution in [1.82, 2.24) is 25.1 Å². The fourth-order valence-corrected chi connectivity index (χ4v) is 2.80. The van der Waals surface area contributed by atoms with E-state index in [2.05, 4.69) is 34.0 Å². The number of nitrogens with zero attached hydrogens (tertiary/aromatic N) is 4. The third-order valence-electron chi connectivity index (χ3n) is 4.51. The molecule has 1 aliphatic rings. The first-order chi connectivity index (χ1) is 13.1. The Labute approximate surface area is 161 Å². The van der Waals surface area contributed by atoms with Crippen LogP contribution in [0.3, 0.4) is 0 Å². The maximum absolute atomic E-state index is 12.8. The minimum absolute atomic E-state index is 0.0287. The molecule has 2 heterocycles. The Hall–Kier alpha value is -2.06. The number of carbonyl (C=O) groups is 2. The van der Waals surface area contributed by atoms with Crippen molar-refractivity contribution in [3.8, 4) is 0 Å². The van der Waals surface area contributed by atoms with Crippen LogP contribution in [0.4, 0.5) is 0 Å². The molecule has 2 amide bonds. The standard InChI is InChI=1S/C19H31N5O3/c1-16(2)3-5-22-18(25)4-8-24(10-9-23-11-13-27-14-12-23)19(26)17-15-20-6-7-21-17/h6-7,15-16H,3-5,8-14H2,1-2H3,(H,22,25). The van der Waals surface area contributed by atoms with E-state index in [0.717, 1.165) is 39.3 Å². The van der Waals surface area contributed by atoms with Crippen molar-refractivity contribution in [2.75, 3.05) is 52.5 Å². The predicted octanol–water partition coefficient (Wildman–Crippen LogP) is 0.803. The zero-order valence-electron chi connectivity index (χ0n) is 16.4. The molecule has 0 spiro atoms. The van der Waals surface area contributed by atoms with Crippen molar-refractivity contribution >= 4 is 11.8 Å². The summed E-state index contributed by atoms with van der Waals surface area (Å²) in [7, 11) is 0. The van der Waals surface area contributed by atoms with E-state index in [-0.39, 0.29) is 18.2 Å². The molecule has 1 saturated heterocycles. The van der Waals surface area contributed by atoms with Gasteiger partial charge in [-0.3, -0.25) is 19.5 Å². The summed E-state index contributed by atoms with van der Waals surface area (Å²) in [5.41, 5.74) is 0.305. The van der Waals surface area contributed by atoms with Gasteiger partial charge in [0.15, 0.2) is 0 Å². The molecule has 150 valence electrons. The Morgan fingerprint density at radius 2 is 2.04 bits per heavy atom. The van der Waals surface area contributed by atoms with Gasteiger partial charge in [-0.2, -0.15) is 0 Å². The van der Waals surface area contributed by atoms with Crippen molar-refractivity contribution in [3.63, 3.8) is 0 Å². The molecule has 1 N–H and O–H groups in total. The number of rotatable bonds is 10. The van der Waals surface area contributed by atoms with Gasteiger partial charge in [-0.1, -0.05) is 13.8 Å². The molecule has 8 heteroatoms. The first kappa shape index (κ1) is 21.2. The highest BCUT2D eigenvalue weighted by atomic mass is 16.5. The summed E-state index contributed by atoms with van der Waals surface area (Å²) in [5.74, 6) is 0.332. The second-order valence-corrected chi connectivity index (χ2v) is 7.12. The molecular weight excluding hydrogens is 346 g/mol. The van der Waals surface area contributed by atoms with Gasteiger partial charge in [0.25, 0.3) is 5.91 Å². The maximum Gasteiger partial charge on any atom is 0.274 e. The fourth-order valence-electron chi connectivity index (χ4n) is 2.80. The maximum atomic E-state index is 12.8. The SMILES string of the molecule is CC(C)CCNC(=O)CCN(CCN1CCOCC1)C(=O)c1cnccn1. The van der Waals surface area contributed by atoms with Gasteiger partial charge < -0.3 is 15.0 Å². The van der Waals surface area contributed by atoms with E-state index in [1.807, 2.05) is 0 Å². The van der Waals surface area contributed by atoms with E-state index in [1.54, 1.807) is 4.90 Å². The number of nitrogens with one attached hydrogen (secondary N) is 1. The van der Waals surface area contributed by atoms with Crippen LogP contribution < -0.4 is 5.32 Å². The topological polar surface area (TPSA) is 87.7 Å². The minimum Gasteiger partial charge on any atom is -0.379 e. The quantitative estimate of drug-likeness (QED) is 0.649. The van der Waals surface area contributed by atoms with Gasteiger partial charge in [-0.15, -0.1) is 0 Å². The number of hydrogen-bond acceptors (Lipinski definition) is 6. The van der Waals surface area contributed by atoms with Crippen molar-refractivity contribution in [3.05, 3.63) is 24.3 Å². The molecule has 0 unspecified atom stereocenters. The molecule has 8 nitrogen and oxygen atoms in total. The molecule has 0 bridgehead atoms. The van der Waals surface area contributed by atoms with E-state index < -0.39 is 0 Å². The van der Waals surface area contributed by atoms with Gasteiger partial charge in [-0.25, -0.2) is 4.98 Å². The number of morpholine rings is 1. The van der Waals surface area contributed by atoms with Crippen LogP contribution in [-0.4, -0.2) is 84.1 Å². The Kier molecular flexibility index (Phi) is 9.13. The van der Waals surface area contributed by atoms with Crippen LogP contribution in [0.5, 0.6) is 0 Å². The summed E-state index contributed by atoms with van der Waals surface area (Å²) in [5, 5.41) is 2.92. The van der Waals surface area contributed by atoms with Crippen molar-refractivity contribution in [2.45, 2.75) is 26.7 Å². The lowest BCUT2D eigenvalue weighted by Crippen LogP contribution is -2.44. The lowest BCUT2D eigenvalue weighted by Gasteiger charge is -2.30. The second-order valence-electron chi connectivity index (χ2n) is 7.12. The fraction of sp³-hybridized carbons (Fsp3) is 0.684. The number of aromatic nitrogens is 2. The van der Waals surface area contributed by atoms with Gasteiger partial charge in [0.05, 0.1) is 19.4 Å². The van der Waals surface area contributed by atoms with Crippen LogP contribution in [0.2, 0.25) is 0 Å². The normalized spacial score (nSPS) is 14.9. The van der Waals surface area contributed by atoms with Gasteiger partial charge in [-0.05, 0) is 12.3 Å². The van der Waals surface area contributed by atoms with E-state index in [9.17, 15) is 9.59 Å². The average molecular weight is 377 g/mol. The molecule has 0 aliphatic carbocycles. The largest absolute Gasteiger partial charge is 0.379 e. The zero-order chi connectivity index (χ0) is 19.5. The van der Waals surface area contributed by atoms with Crippen LogP contribution in [0, 0.1) is 5.92 Å². The Bertz CT molecular complexity index is 576. The minimum atomic E-state index is -0.189. The summed E-state index contributed by atoms with van der Waals surface area (Å²) >= 11 is 0. The number of hydrogen-bond donors (Lipinski definition) is 1. The molecule has 27 heavy (non-hydrogen) atoms. The summed E-state index contributed by atoms with van der Waals surface area (Å²) in [6.07, 6.45) is 5.74. The first-order valence-electron chi connectivity index (χ1n) is 9.68. The molecule has 1 aliphatic heterocycles. The molecule has 1 fully saturated rings. The van der Waals surface area contributed by atoms with E-state index >= 15 is 0 Å². The third kappa shape index (κ3) is 8.01. The van der Waals surface area contributed by atoms with Crippen molar-refractivity contribution in [1.29, 1.82) is 0 Å². The predicted molar refractivity (Wildman–Crippen MR) is 102 cm³/mol. The molecule has 0 atom stereocenters. The van der Waals surface area contributed by atoms with E-state index in [1.165, 1.54) is 18.6 Å². The Morgan fingerprint density at radius 1 is 1.26 bits per heavy atom. The van der Waals surface area contributed by atoms with E-state index in [0.29, 0.717) is 31.2 Å². The zero-order valence-corrected chi connectivity index (χ0v) is 16.4. The highest BCUT2D eigenvalue weighted by Gasteiger charge is 2.20. The van der Waals surface area contributed by atoms with Gasteiger partial charge in [0.1, 0.15) is 5.69 Å². The molecule has 0 saturated carbocycles. The van der Waals surface area contributed by atoms with Crippen LogP contribution in [-0.2, 0) is 9.53 Å². The van der Waals surface area contributed by atoms with Crippen molar-refractivity contribution in [2.24, 2.45) is 5.92 Å². The first-order valence-corrected chi connectivity index (χ1v) is 9.68. The molecular formula is C19H31N5O3. The monoisotopic (exact) mass is 377 g/mol. The average Bonchev–Trinajstić information content (AvgIpc) is 2.68. The second kappa shape index (κ2) is 11.6. The smallest absolute Gasteiger partial charge is 0.274 e. The number of amides is 2. The van der Waals surface area contributed by atoms with Gasteiger partial charge in [0, 0.05) is 58.1 Å². The molecule has 0 aromatic carbocycles. The van der Waals surface area contributed by atoms with Crippen LogP contribution in [0.25, 0.3) is 0 Å². The van der Waals surface area contributed by atoms with Crippen LogP contribution in [0.1, 0.15) is 37.2 Å².